The molecule has 0 saturated heterocycles. The van der Waals surface area contributed by atoms with Crippen LogP contribution in [-0.2, 0) is 0 Å². The van der Waals surface area contributed by atoms with Crippen molar-refractivity contribution in [2.75, 3.05) is 0 Å². The number of furan rings is 1. The van der Waals surface area contributed by atoms with Gasteiger partial charge < -0.3 is 4.42 Å². The molecule has 0 spiro atoms. The monoisotopic (exact) mass is 244 g/mol. The molecule has 0 bridgehead atoms. The van der Waals surface area contributed by atoms with Crippen LogP contribution in [0.5, 0.6) is 0 Å². The standard InChI is InChI=1S/C17H10NO/c1-3-7-15-12(5-1)9-14(11-18-15)17-10-13-6-2-4-8-16(13)19-17/h1-10H. The van der Waals surface area contributed by atoms with Gasteiger partial charge in [-0.1, -0.05) is 36.4 Å². The first kappa shape index (κ1) is 10.3. The number of fused-ring (bicyclic) bond motifs is 2. The fourth-order valence-electron chi connectivity index (χ4n) is 2.26. The van der Waals surface area contributed by atoms with Gasteiger partial charge in [-0.15, -0.1) is 0 Å². The summed E-state index contributed by atoms with van der Waals surface area (Å²) in [5.74, 6) is 0.805. The molecule has 2 aromatic heterocycles. The number of aromatic nitrogens is 1. The lowest BCUT2D eigenvalue weighted by Crippen LogP contribution is -1.81. The Labute approximate surface area is 110 Å². The molecule has 89 valence electrons. The fraction of sp³-hybridized carbons (Fsp3) is 0. The van der Waals surface area contributed by atoms with Crippen molar-refractivity contribution < 1.29 is 4.42 Å². The predicted molar refractivity (Wildman–Crippen MR) is 75.8 cm³/mol. The maximum atomic E-state index is 5.83. The van der Waals surface area contributed by atoms with Gasteiger partial charge in [-0.25, -0.2) is 4.98 Å². The van der Waals surface area contributed by atoms with E-state index in [1.54, 1.807) is 0 Å². The molecule has 0 unspecified atom stereocenters. The van der Waals surface area contributed by atoms with Crippen molar-refractivity contribution in [1.82, 2.24) is 4.98 Å². The van der Waals surface area contributed by atoms with E-state index in [9.17, 15) is 0 Å². The average molecular weight is 244 g/mol. The lowest BCUT2D eigenvalue weighted by atomic mass is 10.1. The van der Waals surface area contributed by atoms with Crippen LogP contribution < -0.4 is 0 Å². The van der Waals surface area contributed by atoms with Crippen molar-refractivity contribution in [2.45, 2.75) is 0 Å². The first-order valence-corrected chi connectivity index (χ1v) is 6.16. The van der Waals surface area contributed by atoms with Crippen molar-refractivity contribution in [3.8, 4) is 11.3 Å². The Morgan fingerprint density at radius 1 is 0.842 bits per heavy atom. The van der Waals surface area contributed by atoms with Gasteiger partial charge in [0.05, 0.1) is 5.52 Å². The van der Waals surface area contributed by atoms with Crippen molar-refractivity contribution in [3.63, 3.8) is 0 Å². The third kappa shape index (κ3) is 1.69. The van der Waals surface area contributed by atoms with E-state index in [4.69, 9.17) is 4.42 Å². The Kier molecular flexibility index (Phi) is 2.15. The van der Waals surface area contributed by atoms with Crippen LogP contribution in [0.15, 0.2) is 65.1 Å². The topological polar surface area (TPSA) is 26.0 Å². The molecule has 4 aromatic rings. The lowest BCUT2D eigenvalue weighted by Gasteiger charge is -1.98. The van der Waals surface area contributed by atoms with Crippen molar-refractivity contribution in [1.29, 1.82) is 0 Å². The van der Waals surface area contributed by atoms with Gasteiger partial charge in [0.2, 0.25) is 0 Å². The molecule has 0 aliphatic carbocycles. The van der Waals surface area contributed by atoms with E-state index < -0.39 is 0 Å². The van der Waals surface area contributed by atoms with Crippen LogP contribution in [0.3, 0.4) is 0 Å². The van der Waals surface area contributed by atoms with E-state index >= 15 is 0 Å². The van der Waals surface area contributed by atoms with E-state index in [1.165, 1.54) is 0 Å². The molecule has 2 nitrogen and oxygen atoms in total. The van der Waals surface area contributed by atoms with E-state index in [-0.39, 0.29) is 0 Å². The van der Waals surface area contributed by atoms with Crippen LogP contribution in [0.25, 0.3) is 33.2 Å². The molecule has 0 aliphatic rings. The highest BCUT2D eigenvalue weighted by molar-refractivity contribution is 5.86. The number of benzene rings is 2. The minimum Gasteiger partial charge on any atom is -0.456 e. The molecule has 4 rings (SSSR count). The molecule has 19 heavy (non-hydrogen) atoms. The molecule has 2 heteroatoms. The molecule has 0 saturated carbocycles. The van der Waals surface area contributed by atoms with Crippen LogP contribution in [-0.4, -0.2) is 4.98 Å². The van der Waals surface area contributed by atoms with Gasteiger partial charge >= 0.3 is 0 Å². The Balaban J connectivity index is 1.93. The maximum Gasteiger partial charge on any atom is 0.137 e. The van der Waals surface area contributed by atoms with Crippen LogP contribution in [0, 0.1) is 6.20 Å². The first-order valence-electron chi connectivity index (χ1n) is 6.16. The molecule has 0 amide bonds. The summed E-state index contributed by atoms with van der Waals surface area (Å²) in [5, 5.41) is 2.19. The molecule has 0 fully saturated rings. The number of pyridine rings is 1. The molecule has 0 N–H and O–H groups in total. The zero-order chi connectivity index (χ0) is 12.7. The van der Waals surface area contributed by atoms with Crippen LogP contribution in [0.2, 0.25) is 0 Å². The average Bonchev–Trinajstić information content (AvgIpc) is 2.90. The molecular formula is C17H10NO. The highest BCUT2D eigenvalue weighted by Crippen LogP contribution is 2.28. The Bertz CT molecular complexity index is 843. The van der Waals surface area contributed by atoms with Gasteiger partial charge in [0.1, 0.15) is 17.5 Å². The number of nitrogens with zero attached hydrogens (tertiary/aromatic N) is 1. The molecule has 0 aliphatic heterocycles. The molecular weight excluding hydrogens is 234 g/mol. The fourth-order valence-corrected chi connectivity index (χ4v) is 2.26. The van der Waals surface area contributed by atoms with E-state index in [1.807, 2.05) is 54.6 Å². The van der Waals surface area contributed by atoms with Gasteiger partial charge in [0, 0.05) is 16.3 Å². The predicted octanol–water partition coefficient (Wildman–Crippen LogP) is 4.45. The van der Waals surface area contributed by atoms with Gasteiger partial charge in [-0.2, -0.15) is 0 Å². The van der Waals surface area contributed by atoms with E-state index in [0.717, 1.165) is 33.2 Å². The molecule has 0 atom stereocenters. The second kappa shape index (κ2) is 3.95. The summed E-state index contributed by atoms with van der Waals surface area (Å²) in [5.41, 5.74) is 2.72. The zero-order valence-electron chi connectivity index (χ0n) is 10.1. The van der Waals surface area contributed by atoms with Crippen LogP contribution in [0.4, 0.5) is 0 Å². The Morgan fingerprint density at radius 2 is 1.63 bits per heavy atom. The van der Waals surface area contributed by atoms with E-state index in [0.29, 0.717) is 0 Å². The minimum absolute atomic E-state index is 0.805. The van der Waals surface area contributed by atoms with Crippen molar-refractivity contribution in [2.24, 2.45) is 0 Å². The maximum absolute atomic E-state index is 5.83. The second-order valence-electron chi connectivity index (χ2n) is 4.49. The molecule has 2 heterocycles. The first-order chi connectivity index (χ1) is 9.40. The number of hydrogen-bond acceptors (Lipinski definition) is 2. The third-order valence-corrected chi connectivity index (χ3v) is 3.22. The molecule has 1 radical (unpaired) electrons. The van der Waals surface area contributed by atoms with Gasteiger partial charge in [0.25, 0.3) is 0 Å². The van der Waals surface area contributed by atoms with Gasteiger partial charge in [-0.3, -0.25) is 0 Å². The van der Waals surface area contributed by atoms with Crippen LogP contribution >= 0.6 is 0 Å². The zero-order valence-corrected chi connectivity index (χ0v) is 10.1. The summed E-state index contributed by atoms with van der Waals surface area (Å²) in [7, 11) is 0. The van der Waals surface area contributed by atoms with Gasteiger partial charge in [0.15, 0.2) is 0 Å². The SMILES string of the molecule is [c]1nc2ccccc2cc1-c1cc2ccccc2o1. The normalized spacial score (nSPS) is 11.2. The third-order valence-electron chi connectivity index (χ3n) is 3.22. The van der Waals surface area contributed by atoms with Crippen LogP contribution in [0.1, 0.15) is 0 Å². The highest BCUT2D eigenvalue weighted by Gasteiger charge is 2.07. The van der Waals surface area contributed by atoms with Crippen molar-refractivity contribution >= 4 is 21.9 Å². The smallest absolute Gasteiger partial charge is 0.137 e. The lowest BCUT2D eigenvalue weighted by molar-refractivity contribution is 0.631. The Hall–Kier alpha value is -2.61. The quantitative estimate of drug-likeness (QED) is 0.494. The summed E-state index contributed by atoms with van der Waals surface area (Å²) in [6, 6.07) is 20.1. The number of hydrogen-bond donors (Lipinski definition) is 0. The number of rotatable bonds is 1. The molecule has 2 aromatic carbocycles. The summed E-state index contributed by atoms with van der Waals surface area (Å²) in [4.78, 5) is 4.34. The Morgan fingerprint density at radius 3 is 2.53 bits per heavy atom. The van der Waals surface area contributed by atoms with E-state index in [2.05, 4.69) is 17.2 Å². The second-order valence-corrected chi connectivity index (χ2v) is 4.49. The van der Waals surface area contributed by atoms with Crippen molar-refractivity contribution in [3.05, 3.63) is 66.9 Å². The summed E-state index contributed by atoms with van der Waals surface area (Å²) < 4.78 is 5.83. The summed E-state index contributed by atoms with van der Waals surface area (Å²) >= 11 is 0. The highest BCUT2D eigenvalue weighted by atomic mass is 16.3. The number of para-hydroxylation sites is 2. The minimum atomic E-state index is 0.805. The summed E-state index contributed by atoms with van der Waals surface area (Å²) in [6.45, 7) is 0. The van der Waals surface area contributed by atoms with Gasteiger partial charge in [-0.05, 0) is 24.3 Å². The largest absolute Gasteiger partial charge is 0.456 e. The summed E-state index contributed by atoms with van der Waals surface area (Å²) in [6.07, 6.45) is 3.04.